The standard InChI is InChI=1S/C17H13NO7S2/c19-17(11-4-2-1-3-5-11)18-15-8-9-16(27(23,24)25)14-10-12(26(20,21)22)6-7-13(14)15/h1-10H,(H,18,19)(H,20,21,22)(H,23,24,25). The van der Waals surface area contributed by atoms with Gasteiger partial charge >= 0.3 is 0 Å². The summed E-state index contributed by atoms with van der Waals surface area (Å²) in [5, 5.41) is 2.61. The summed E-state index contributed by atoms with van der Waals surface area (Å²) in [7, 11) is -9.28. The molecule has 140 valence electrons. The summed E-state index contributed by atoms with van der Waals surface area (Å²) in [5.41, 5.74) is 0.562. The van der Waals surface area contributed by atoms with Crippen LogP contribution in [0.1, 0.15) is 10.4 Å². The summed E-state index contributed by atoms with van der Waals surface area (Å²) in [6, 6.07) is 13.8. The smallest absolute Gasteiger partial charge is 0.295 e. The topological polar surface area (TPSA) is 138 Å². The lowest BCUT2D eigenvalue weighted by atomic mass is 10.1. The van der Waals surface area contributed by atoms with Crippen LogP contribution in [0.4, 0.5) is 5.69 Å². The normalized spacial score (nSPS) is 12.1. The first-order valence-electron chi connectivity index (χ1n) is 7.45. The van der Waals surface area contributed by atoms with Gasteiger partial charge < -0.3 is 5.32 Å². The molecule has 0 radical (unpaired) electrons. The second-order valence-electron chi connectivity index (χ2n) is 5.59. The van der Waals surface area contributed by atoms with Crippen molar-refractivity contribution in [2.75, 3.05) is 5.32 Å². The van der Waals surface area contributed by atoms with Crippen molar-refractivity contribution in [3.05, 3.63) is 66.2 Å². The Morgan fingerprint density at radius 1 is 0.778 bits per heavy atom. The Morgan fingerprint density at radius 3 is 2.04 bits per heavy atom. The van der Waals surface area contributed by atoms with Crippen LogP contribution in [0, 0.1) is 0 Å². The minimum absolute atomic E-state index is 0.168. The molecule has 0 saturated carbocycles. The van der Waals surface area contributed by atoms with Crippen LogP contribution in [0.25, 0.3) is 10.8 Å². The molecule has 10 heteroatoms. The number of anilines is 1. The largest absolute Gasteiger partial charge is 0.321 e. The summed E-state index contributed by atoms with van der Waals surface area (Å²) in [5.74, 6) is -0.463. The van der Waals surface area contributed by atoms with Gasteiger partial charge in [0.2, 0.25) is 0 Å². The highest BCUT2D eigenvalue weighted by Gasteiger charge is 2.20. The second kappa shape index (κ2) is 6.74. The number of nitrogens with one attached hydrogen (secondary N) is 1. The molecule has 1 amide bonds. The minimum atomic E-state index is -4.68. The van der Waals surface area contributed by atoms with E-state index in [2.05, 4.69) is 5.32 Å². The number of fused-ring (bicyclic) bond motifs is 1. The van der Waals surface area contributed by atoms with Crippen LogP contribution in [0.3, 0.4) is 0 Å². The van der Waals surface area contributed by atoms with Crippen molar-refractivity contribution in [2.24, 2.45) is 0 Å². The van der Waals surface area contributed by atoms with Crippen LogP contribution < -0.4 is 5.32 Å². The quantitative estimate of drug-likeness (QED) is 0.565. The van der Waals surface area contributed by atoms with Gasteiger partial charge in [-0.25, -0.2) is 0 Å². The molecule has 0 aliphatic heterocycles. The zero-order valence-electron chi connectivity index (χ0n) is 13.5. The van der Waals surface area contributed by atoms with Crippen LogP contribution in [-0.4, -0.2) is 31.8 Å². The Bertz CT molecular complexity index is 1250. The van der Waals surface area contributed by atoms with E-state index in [1.807, 2.05) is 0 Å². The van der Waals surface area contributed by atoms with Crippen molar-refractivity contribution in [2.45, 2.75) is 9.79 Å². The summed E-state index contributed by atoms with van der Waals surface area (Å²) in [4.78, 5) is 11.2. The van der Waals surface area contributed by atoms with Crippen LogP contribution in [0.5, 0.6) is 0 Å². The number of hydrogen-bond acceptors (Lipinski definition) is 5. The summed E-state index contributed by atoms with van der Waals surface area (Å²) in [6.45, 7) is 0. The van der Waals surface area contributed by atoms with E-state index in [1.165, 1.54) is 12.1 Å². The van der Waals surface area contributed by atoms with E-state index in [9.17, 15) is 30.7 Å². The van der Waals surface area contributed by atoms with E-state index in [0.29, 0.717) is 5.56 Å². The van der Waals surface area contributed by atoms with Crippen LogP contribution in [0.15, 0.2) is 70.5 Å². The molecule has 0 heterocycles. The molecule has 8 nitrogen and oxygen atoms in total. The molecule has 0 saturated heterocycles. The highest BCUT2D eigenvalue weighted by molar-refractivity contribution is 7.86. The molecule has 0 aliphatic rings. The number of benzene rings is 3. The monoisotopic (exact) mass is 407 g/mol. The predicted molar refractivity (Wildman–Crippen MR) is 98.0 cm³/mol. The van der Waals surface area contributed by atoms with Crippen molar-refractivity contribution in [3.8, 4) is 0 Å². The van der Waals surface area contributed by atoms with Gasteiger partial charge in [-0.2, -0.15) is 16.8 Å². The Morgan fingerprint density at radius 2 is 1.44 bits per heavy atom. The predicted octanol–water partition coefficient (Wildman–Crippen LogP) is 2.59. The number of hydrogen-bond donors (Lipinski definition) is 3. The van der Waals surface area contributed by atoms with E-state index in [0.717, 1.165) is 18.2 Å². The summed E-state index contributed by atoms with van der Waals surface area (Å²) < 4.78 is 64.6. The lowest BCUT2D eigenvalue weighted by Gasteiger charge is -2.12. The van der Waals surface area contributed by atoms with Crippen molar-refractivity contribution >= 4 is 42.6 Å². The van der Waals surface area contributed by atoms with Crippen LogP contribution in [0.2, 0.25) is 0 Å². The van der Waals surface area contributed by atoms with Gasteiger partial charge in [-0.15, -0.1) is 0 Å². The highest BCUT2D eigenvalue weighted by atomic mass is 32.2. The zero-order chi connectivity index (χ0) is 19.8. The molecule has 0 bridgehead atoms. The maximum Gasteiger partial charge on any atom is 0.295 e. The second-order valence-corrected chi connectivity index (χ2v) is 8.40. The molecule has 3 aromatic rings. The Kier molecular flexibility index (Phi) is 4.74. The minimum Gasteiger partial charge on any atom is -0.321 e. The molecule has 27 heavy (non-hydrogen) atoms. The van der Waals surface area contributed by atoms with Crippen molar-refractivity contribution in [3.63, 3.8) is 0 Å². The van der Waals surface area contributed by atoms with E-state index in [4.69, 9.17) is 0 Å². The SMILES string of the molecule is O=C(Nc1ccc(S(=O)(=O)O)c2cc(S(=O)(=O)O)ccc12)c1ccccc1. The molecular weight excluding hydrogens is 394 g/mol. The average Bonchev–Trinajstić information content (AvgIpc) is 2.60. The third kappa shape index (κ3) is 3.98. The Labute approximate surface area is 155 Å². The Balaban J connectivity index is 2.20. The van der Waals surface area contributed by atoms with Crippen molar-refractivity contribution in [1.82, 2.24) is 0 Å². The molecule has 0 fully saturated rings. The molecule has 0 unspecified atom stereocenters. The van der Waals surface area contributed by atoms with Gasteiger partial charge in [-0.05, 0) is 36.4 Å². The lowest BCUT2D eigenvalue weighted by molar-refractivity contribution is 0.102. The Hall–Kier alpha value is -2.79. The molecule has 3 aromatic carbocycles. The molecule has 3 rings (SSSR count). The molecule has 0 atom stereocenters. The number of carbonyl (C=O) groups excluding carboxylic acids is 1. The molecular formula is C17H13NO7S2. The highest BCUT2D eigenvalue weighted by Crippen LogP contribution is 2.31. The third-order valence-electron chi connectivity index (χ3n) is 3.81. The fourth-order valence-corrected chi connectivity index (χ4v) is 3.77. The fraction of sp³-hybridized carbons (Fsp3) is 0. The summed E-state index contributed by atoms with van der Waals surface area (Å²) >= 11 is 0. The van der Waals surface area contributed by atoms with Gasteiger partial charge in [-0.3, -0.25) is 13.9 Å². The average molecular weight is 407 g/mol. The third-order valence-corrected chi connectivity index (χ3v) is 5.57. The first-order chi connectivity index (χ1) is 12.6. The van der Waals surface area contributed by atoms with Gasteiger partial charge in [0.25, 0.3) is 26.1 Å². The van der Waals surface area contributed by atoms with Gasteiger partial charge in [-0.1, -0.05) is 24.3 Å². The lowest BCUT2D eigenvalue weighted by Crippen LogP contribution is -2.12. The maximum absolute atomic E-state index is 12.4. The first kappa shape index (κ1) is 19.0. The van der Waals surface area contributed by atoms with E-state index < -0.39 is 35.9 Å². The van der Waals surface area contributed by atoms with Crippen molar-refractivity contribution in [1.29, 1.82) is 0 Å². The van der Waals surface area contributed by atoms with Crippen LogP contribution in [-0.2, 0) is 20.2 Å². The van der Waals surface area contributed by atoms with Gasteiger partial charge in [0.15, 0.2) is 0 Å². The van der Waals surface area contributed by atoms with Crippen molar-refractivity contribution < 1.29 is 30.7 Å². The van der Waals surface area contributed by atoms with Crippen LogP contribution >= 0.6 is 0 Å². The molecule has 0 aliphatic carbocycles. The number of amides is 1. The van der Waals surface area contributed by atoms with E-state index in [1.54, 1.807) is 30.3 Å². The van der Waals surface area contributed by atoms with E-state index in [-0.39, 0.29) is 16.5 Å². The van der Waals surface area contributed by atoms with Gasteiger partial charge in [0, 0.05) is 22.0 Å². The molecule has 3 N–H and O–H groups in total. The zero-order valence-corrected chi connectivity index (χ0v) is 15.2. The number of rotatable bonds is 4. The molecule has 0 spiro atoms. The maximum atomic E-state index is 12.4. The molecule has 0 aromatic heterocycles. The first-order valence-corrected chi connectivity index (χ1v) is 10.3. The summed E-state index contributed by atoms with van der Waals surface area (Å²) in [6.07, 6.45) is 0. The fourth-order valence-electron chi connectivity index (χ4n) is 2.58. The van der Waals surface area contributed by atoms with E-state index >= 15 is 0 Å². The number of carbonyl (C=O) groups is 1. The van der Waals surface area contributed by atoms with Gasteiger partial charge in [0.1, 0.15) is 4.90 Å². The van der Waals surface area contributed by atoms with Gasteiger partial charge in [0.05, 0.1) is 4.90 Å².